The monoisotopic (exact) mass is 477 g/mol. The lowest BCUT2D eigenvalue weighted by atomic mass is 9.84. The molecule has 34 heavy (non-hydrogen) atoms. The fraction of sp³-hybridized carbons (Fsp3) is 0.360. The molecule has 1 aliphatic rings. The molecular formula is C25H28ClN7O. The minimum Gasteiger partial charge on any atom is -0.368 e. The number of carbonyl (C=O) groups excluding carboxylic acids is 1. The molecule has 4 rings (SSSR count). The van der Waals surface area contributed by atoms with E-state index < -0.39 is 6.04 Å². The maximum absolute atomic E-state index is 13.3. The van der Waals surface area contributed by atoms with Crippen LogP contribution in [-0.4, -0.2) is 26.5 Å². The molecule has 176 valence electrons. The van der Waals surface area contributed by atoms with E-state index in [1.165, 1.54) is 19.3 Å². The molecule has 0 bridgehead atoms. The van der Waals surface area contributed by atoms with Crippen molar-refractivity contribution >= 4 is 35.0 Å². The minimum absolute atomic E-state index is 0.129. The van der Waals surface area contributed by atoms with E-state index in [9.17, 15) is 4.79 Å². The maximum atomic E-state index is 13.3. The molecule has 1 atom stereocenters. The van der Waals surface area contributed by atoms with Crippen molar-refractivity contribution in [1.29, 1.82) is 0 Å². The lowest BCUT2D eigenvalue weighted by molar-refractivity contribution is -0.122. The first-order chi connectivity index (χ1) is 16.5. The number of nitrogens with one attached hydrogen (secondary N) is 2. The van der Waals surface area contributed by atoms with Crippen molar-refractivity contribution in [3.05, 3.63) is 70.8 Å². The van der Waals surface area contributed by atoms with E-state index >= 15 is 0 Å². The highest BCUT2D eigenvalue weighted by atomic mass is 35.5. The summed E-state index contributed by atoms with van der Waals surface area (Å²) in [6.45, 7) is 7.39. The van der Waals surface area contributed by atoms with Gasteiger partial charge in [0.25, 0.3) is 0 Å². The molecular weight excluding hydrogens is 450 g/mol. The molecule has 2 heterocycles. The van der Waals surface area contributed by atoms with Crippen LogP contribution in [0.5, 0.6) is 0 Å². The largest absolute Gasteiger partial charge is 0.368 e. The molecule has 0 saturated heterocycles. The van der Waals surface area contributed by atoms with Crippen LogP contribution in [0.25, 0.3) is 10.7 Å². The Labute approximate surface area is 204 Å². The number of benzene rings is 1. The zero-order valence-electron chi connectivity index (χ0n) is 18.9. The first-order valence-corrected chi connectivity index (χ1v) is 11.9. The van der Waals surface area contributed by atoms with Gasteiger partial charge in [0.15, 0.2) is 5.69 Å². The zero-order chi connectivity index (χ0) is 23.9. The molecule has 0 aliphatic heterocycles. The lowest BCUT2D eigenvalue weighted by Gasteiger charge is -2.27. The van der Waals surface area contributed by atoms with E-state index in [0.717, 1.165) is 18.4 Å². The van der Waals surface area contributed by atoms with E-state index in [0.29, 0.717) is 34.7 Å². The molecule has 2 aromatic heterocycles. The summed E-state index contributed by atoms with van der Waals surface area (Å²) in [6.07, 6.45) is 10.3. The van der Waals surface area contributed by atoms with Gasteiger partial charge in [-0.2, -0.15) is 9.97 Å². The Morgan fingerprint density at radius 3 is 2.68 bits per heavy atom. The second kappa shape index (κ2) is 11.0. The van der Waals surface area contributed by atoms with Gasteiger partial charge in [0.05, 0.1) is 6.57 Å². The topological polar surface area (TPSA) is 102 Å². The summed E-state index contributed by atoms with van der Waals surface area (Å²) < 4.78 is 1.84. The molecule has 1 saturated carbocycles. The molecule has 0 spiro atoms. The van der Waals surface area contributed by atoms with Gasteiger partial charge in [-0.05, 0) is 36.1 Å². The van der Waals surface area contributed by atoms with Gasteiger partial charge in [-0.25, -0.2) is 4.85 Å². The number of aromatic nitrogens is 3. The fourth-order valence-electron chi connectivity index (χ4n) is 4.37. The Hall–Kier alpha value is -3.57. The highest BCUT2D eigenvalue weighted by molar-refractivity contribution is 6.31. The summed E-state index contributed by atoms with van der Waals surface area (Å²) in [5.41, 5.74) is 7.20. The molecule has 1 aliphatic carbocycles. The van der Waals surface area contributed by atoms with Crippen molar-refractivity contribution in [3.63, 3.8) is 0 Å². The predicted molar refractivity (Wildman–Crippen MR) is 134 cm³/mol. The summed E-state index contributed by atoms with van der Waals surface area (Å²) in [5, 5.41) is 6.77. The summed E-state index contributed by atoms with van der Waals surface area (Å²) in [4.78, 5) is 25.3. The van der Waals surface area contributed by atoms with E-state index in [2.05, 4.69) is 25.4 Å². The van der Waals surface area contributed by atoms with Gasteiger partial charge in [-0.15, -0.1) is 0 Å². The highest BCUT2D eigenvalue weighted by Crippen LogP contribution is 2.29. The van der Waals surface area contributed by atoms with Crippen molar-refractivity contribution in [3.8, 4) is 5.82 Å². The Morgan fingerprint density at radius 2 is 1.97 bits per heavy atom. The number of halogens is 1. The molecule has 4 N–H and O–H groups in total. The summed E-state index contributed by atoms with van der Waals surface area (Å²) >= 11 is 6.30. The Morgan fingerprint density at radius 1 is 1.21 bits per heavy atom. The van der Waals surface area contributed by atoms with Crippen molar-refractivity contribution in [2.24, 2.45) is 5.92 Å². The first kappa shape index (κ1) is 23.6. The van der Waals surface area contributed by atoms with E-state index in [1.807, 2.05) is 29.1 Å². The van der Waals surface area contributed by atoms with E-state index in [4.69, 9.17) is 23.9 Å². The second-order valence-corrected chi connectivity index (χ2v) is 9.01. The molecule has 3 aromatic rings. The smallest absolute Gasteiger partial charge is 0.242 e. The van der Waals surface area contributed by atoms with Crippen molar-refractivity contribution in [1.82, 2.24) is 19.9 Å². The molecule has 1 amide bonds. The van der Waals surface area contributed by atoms with Crippen LogP contribution in [0.4, 0.5) is 17.5 Å². The normalized spacial score (nSPS) is 14.8. The van der Waals surface area contributed by atoms with Crippen LogP contribution in [0, 0.1) is 12.5 Å². The number of hydrogen-bond donors (Lipinski definition) is 3. The Bertz CT molecular complexity index is 1170. The standard InChI is InChI=1S/C25H28ClN7O/c1-28-19-10-9-18(20(26)14-19)16-29-24(34)21(13-17-7-3-2-4-8-17)30-22-15-23(32-25(27)31-22)33-11-5-6-12-33/h5-6,9-12,14-15,17,21H,2-4,7-8,13,16H2,(H,29,34)(H3,27,30,31,32). The number of hydrogen-bond acceptors (Lipinski definition) is 5. The number of carbonyl (C=O) groups is 1. The van der Waals surface area contributed by atoms with Gasteiger partial charge >= 0.3 is 0 Å². The number of amides is 1. The summed E-state index contributed by atoms with van der Waals surface area (Å²) in [6, 6.07) is 10.2. The average Bonchev–Trinajstić information content (AvgIpc) is 3.38. The van der Waals surface area contributed by atoms with E-state index in [-0.39, 0.29) is 18.4 Å². The van der Waals surface area contributed by atoms with Crippen LogP contribution in [0.2, 0.25) is 5.02 Å². The number of nitrogen functional groups attached to an aromatic ring is 1. The Kier molecular flexibility index (Phi) is 7.65. The zero-order valence-corrected chi connectivity index (χ0v) is 19.6. The third kappa shape index (κ3) is 6.06. The summed E-state index contributed by atoms with van der Waals surface area (Å²) in [7, 11) is 0. The molecule has 0 radical (unpaired) electrons. The molecule has 1 unspecified atom stereocenters. The van der Waals surface area contributed by atoms with Gasteiger partial charge in [-0.3, -0.25) is 4.79 Å². The van der Waals surface area contributed by atoms with Crippen molar-refractivity contribution < 1.29 is 4.79 Å². The van der Waals surface area contributed by atoms with Crippen LogP contribution >= 0.6 is 11.6 Å². The first-order valence-electron chi connectivity index (χ1n) is 11.5. The lowest BCUT2D eigenvalue weighted by Crippen LogP contribution is -2.41. The summed E-state index contributed by atoms with van der Waals surface area (Å²) in [5.74, 6) is 1.62. The van der Waals surface area contributed by atoms with Gasteiger partial charge in [0.1, 0.15) is 17.7 Å². The Balaban J connectivity index is 1.51. The number of nitrogens with zero attached hydrogens (tertiary/aromatic N) is 4. The second-order valence-electron chi connectivity index (χ2n) is 8.60. The molecule has 1 fully saturated rings. The maximum Gasteiger partial charge on any atom is 0.242 e. The third-order valence-corrected chi connectivity index (χ3v) is 6.50. The van der Waals surface area contributed by atoms with Gasteiger partial charge in [0, 0.05) is 30.0 Å². The van der Waals surface area contributed by atoms with Crippen LogP contribution in [-0.2, 0) is 11.3 Å². The third-order valence-electron chi connectivity index (χ3n) is 6.15. The van der Waals surface area contributed by atoms with Crippen molar-refractivity contribution in [2.75, 3.05) is 11.1 Å². The van der Waals surface area contributed by atoms with Crippen LogP contribution in [0.1, 0.15) is 44.1 Å². The average molecular weight is 478 g/mol. The van der Waals surface area contributed by atoms with E-state index in [1.54, 1.807) is 24.3 Å². The quantitative estimate of drug-likeness (QED) is 0.391. The molecule has 8 nitrogen and oxygen atoms in total. The number of anilines is 2. The minimum atomic E-state index is -0.476. The molecule has 1 aromatic carbocycles. The van der Waals surface area contributed by atoms with Crippen LogP contribution in [0.3, 0.4) is 0 Å². The van der Waals surface area contributed by atoms with Gasteiger partial charge < -0.3 is 20.9 Å². The van der Waals surface area contributed by atoms with Gasteiger partial charge in [0.2, 0.25) is 11.9 Å². The predicted octanol–water partition coefficient (Wildman–Crippen LogP) is 5.12. The fourth-order valence-corrected chi connectivity index (χ4v) is 4.61. The van der Waals surface area contributed by atoms with Gasteiger partial charge in [-0.1, -0.05) is 55.8 Å². The number of nitrogens with two attached hydrogens (primary N) is 1. The van der Waals surface area contributed by atoms with Crippen molar-refractivity contribution in [2.45, 2.75) is 51.1 Å². The molecule has 9 heteroatoms. The SMILES string of the molecule is [C-]#[N+]c1ccc(CNC(=O)C(CC2CCCCC2)Nc2cc(-n3cccc3)nc(N)n2)c(Cl)c1. The number of rotatable bonds is 8. The van der Waals surface area contributed by atoms with Crippen LogP contribution < -0.4 is 16.4 Å². The van der Waals surface area contributed by atoms with Crippen LogP contribution in [0.15, 0.2) is 48.8 Å². The highest BCUT2D eigenvalue weighted by Gasteiger charge is 2.25.